The van der Waals surface area contributed by atoms with E-state index in [1.54, 1.807) is 11.8 Å². The zero-order valence-corrected chi connectivity index (χ0v) is 24.3. The molecule has 38 heavy (non-hydrogen) atoms. The molecule has 0 aliphatic heterocycles. The molecule has 1 aliphatic rings. The lowest BCUT2D eigenvalue weighted by molar-refractivity contribution is -0.141. The van der Waals surface area contributed by atoms with E-state index in [9.17, 15) is 18.0 Å². The van der Waals surface area contributed by atoms with Crippen LogP contribution in [-0.4, -0.2) is 50.0 Å². The number of rotatable bonds is 11. The molecule has 1 N–H and O–H groups in total. The first-order valence-corrected chi connectivity index (χ1v) is 15.5. The number of sulfonamides is 1. The fraction of sp³-hybridized carbons (Fsp3) is 0.533. The van der Waals surface area contributed by atoms with Gasteiger partial charge in [0.05, 0.1) is 11.9 Å². The Morgan fingerprint density at radius 2 is 1.63 bits per heavy atom. The van der Waals surface area contributed by atoms with E-state index in [1.165, 1.54) is 17.0 Å². The number of benzene rings is 2. The van der Waals surface area contributed by atoms with Gasteiger partial charge in [0, 0.05) is 25.6 Å². The van der Waals surface area contributed by atoms with Crippen LogP contribution < -0.4 is 9.62 Å². The summed E-state index contributed by atoms with van der Waals surface area (Å²) in [6.07, 6.45) is 7.06. The highest BCUT2D eigenvalue weighted by molar-refractivity contribution is 7.92. The van der Waals surface area contributed by atoms with Gasteiger partial charge in [0.25, 0.3) is 0 Å². The molecule has 208 valence electrons. The van der Waals surface area contributed by atoms with Crippen molar-refractivity contribution >= 4 is 27.5 Å². The standard InChI is InChI=1S/C30H43N3O4S/c1-22-11-9-12-26(18-22)21-32(25(4)30(35)31-27-13-7-6-8-14-27)29(34)15-10-16-33(38(5,36)37)28-19-23(2)17-24(3)20-28/h9,11-12,17-20,25,27H,6-8,10,13-16,21H2,1-5H3,(H,31,35). The molecule has 1 saturated carbocycles. The fourth-order valence-electron chi connectivity index (χ4n) is 5.26. The minimum Gasteiger partial charge on any atom is -0.352 e. The highest BCUT2D eigenvalue weighted by Crippen LogP contribution is 2.23. The maximum Gasteiger partial charge on any atom is 0.242 e. The van der Waals surface area contributed by atoms with Crippen LogP contribution >= 0.6 is 0 Å². The van der Waals surface area contributed by atoms with Gasteiger partial charge in [0.1, 0.15) is 6.04 Å². The van der Waals surface area contributed by atoms with E-state index >= 15 is 0 Å². The third kappa shape index (κ3) is 8.58. The van der Waals surface area contributed by atoms with E-state index in [-0.39, 0.29) is 30.8 Å². The number of carbonyl (C=O) groups excluding carboxylic acids is 2. The maximum atomic E-state index is 13.5. The van der Waals surface area contributed by atoms with Crippen LogP contribution in [0.4, 0.5) is 5.69 Å². The van der Waals surface area contributed by atoms with Gasteiger partial charge in [-0.2, -0.15) is 0 Å². The quantitative estimate of drug-likeness (QED) is 0.433. The van der Waals surface area contributed by atoms with Gasteiger partial charge in [0.15, 0.2) is 0 Å². The molecule has 2 amide bonds. The highest BCUT2D eigenvalue weighted by Gasteiger charge is 2.28. The van der Waals surface area contributed by atoms with Crippen LogP contribution in [0.1, 0.15) is 74.1 Å². The molecular weight excluding hydrogens is 498 g/mol. The maximum absolute atomic E-state index is 13.5. The molecule has 0 saturated heterocycles. The van der Waals surface area contributed by atoms with Gasteiger partial charge in [-0.05, 0) is 75.8 Å². The van der Waals surface area contributed by atoms with Gasteiger partial charge in [-0.1, -0.05) is 55.2 Å². The lowest BCUT2D eigenvalue weighted by Crippen LogP contribution is -2.50. The molecule has 1 unspecified atom stereocenters. The Morgan fingerprint density at radius 3 is 2.24 bits per heavy atom. The van der Waals surface area contributed by atoms with Crippen molar-refractivity contribution in [3.63, 3.8) is 0 Å². The first-order chi connectivity index (χ1) is 17.9. The predicted molar refractivity (Wildman–Crippen MR) is 154 cm³/mol. The Kier molecular flexibility index (Phi) is 10.4. The van der Waals surface area contributed by atoms with Crippen LogP contribution in [0.2, 0.25) is 0 Å². The minimum absolute atomic E-state index is 0.133. The predicted octanol–water partition coefficient (Wildman–Crippen LogP) is 5.02. The van der Waals surface area contributed by atoms with E-state index in [1.807, 2.05) is 63.2 Å². The molecule has 0 spiro atoms. The van der Waals surface area contributed by atoms with Crippen LogP contribution in [0.25, 0.3) is 0 Å². The summed E-state index contributed by atoms with van der Waals surface area (Å²) in [5, 5.41) is 3.16. The SMILES string of the molecule is Cc1cccc(CN(C(=O)CCCN(c2cc(C)cc(C)c2)S(C)(=O)=O)C(C)C(=O)NC2CCCCC2)c1. The van der Waals surface area contributed by atoms with Gasteiger partial charge >= 0.3 is 0 Å². The molecular formula is C30H43N3O4S. The van der Waals surface area contributed by atoms with Gasteiger partial charge in [-0.25, -0.2) is 8.42 Å². The van der Waals surface area contributed by atoms with E-state index in [0.717, 1.165) is 47.9 Å². The summed E-state index contributed by atoms with van der Waals surface area (Å²) >= 11 is 0. The summed E-state index contributed by atoms with van der Waals surface area (Å²) in [4.78, 5) is 28.3. The van der Waals surface area contributed by atoms with Crippen molar-refractivity contribution in [3.8, 4) is 0 Å². The number of carbonyl (C=O) groups is 2. The second-order valence-electron chi connectivity index (χ2n) is 10.8. The van der Waals surface area contributed by atoms with E-state index in [4.69, 9.17) is 0 Å². The van der Waals surface area contributed by atoms with E-state index < -0.39 is 16.1 Å². The van der Waals surface area contributed by atoms with Crippen molar-refractivity contribution in [2.45, 2.75) is 91.3 Å². The summed E-state index contributed by atoms with van der Waals surface area (Å²) in [5.41, 5.74) is 4.61. The average Bonchev–Trinajstić information content (AvgIpc) is 2.84. The van der Waals surface area contributed by atoms with Crippen molar-refractivity contribution in [2.24, 2.45) is 0 Å². The third-order valence-electron chi connectivity index (χ3n) is 7.20. The Bertz CT molecular complexity index is 1200. The molecule has 0 bridgehead atoms. The molecule has 8 heteroatoms. The molecule has 3 rings (SSSR count). The van der Waals surface area contributed by atoms with Crippen LogP contribution in [0.5, 0.6) is 0 Å². The number of aryl methyl sites for hydroxylation is 3. The molecule has 1 fully saturated rings. The molecule has 7 nitrogen and oxygen atoms in total. The summed E-state index contributed by atoms with van der Waals surface area (Å²) < 4.78 is 26.6. The second-order valence-corrected chi connectivity index (χ2v) is 12.7. The number of anilines is 1. The van der Waals surface area contributed by atoms with Crippen molar-refractivity contribution in [1.29, 1.82) is 0 Å². The van der Waals surface area contributed by atoms with E-state index in [0.29, 0.717) is 18.7 Å². The average molecular weight is 542 g/mol. The molecule has 0 heterocycles. The van der Waals surface area contributed by atoms with Crippen molar-refractivity contribution in [3.05, 3.63) is 64.7 Å². The normalized spacial score (nSPS) is 15.1. The lowest BCUT2D eigenvalue weighted by Gasteiger charge is -2.31. The Morgan fingerprint density at radius 1 is 0.974 bits per heavy atom. The molecule has 0 aromatic heterocycles. The molecule has 2 aromatic carbocycles. The Labute approximate surface area is 228 Å². The fourth-order valence-corrected chi connectivity index (χ4v) is 6.21. The van der Waals surface area contributed by atoms with Crippen LogP contribution in [0.3, 0.4) is 0 Å². The second kappa shape index (κ2) is 13.3. The lowest BCUT2D eigenvalue weighted by atomic mass is 9.95. The number of amides is 2. The molecule has 2 aromatic rings. The van der Waals surface area contributed by atoms with E-state index in [2.05, 4.69) is 5.32 Å². The zero-order chi connectivity index (χ0) is 27.9. The van der Waals surface area contributed by atoms with Crippen LogP contribution in [-0.2, 0) is 26.2 Å². The Balaban J connectivity index is 1.73. The number of nitrogens with one attached hydrogen (secondary N) is 1. The molecule has 0 radical (unpaired) electrons. The van der Waals surface area contributed by atoms with Crippen molar-refractivity contribution in [2.75, 3.05) is 17.1 Å². The van der Waals surface area contributed by atoms with Gasteiger partial charge in [-0.15, -0.1) is 0 Å². The highest BCUT2D eigenvalue weighted by atomic mass is 32.2. The van der Waals surface area contributed by atoms with Crippen LogP contribution in [0, 0.1) is 20.8 Å². The van der Waals surface area contributed by atoms with Gasteiger partial charge in [0.2, 0.25) is 21.8 Å². The van der Waals surface area contributed by atoms with Gasteiger partial charge < -0.3 is 10.2 Å². The number of hydrogen-bond acceptors (Lipinski definition) is 4. The largest absolute Gasteiger partial charge is 0.352 e. The number of nitrogens with zero attached hydrogens (tertiary/aromatic N) is 2. The topological polar surface area (TPSA) is 86.8 Å². The first kappa shape index (κ1) is 29.7. The van der Waals surface area contributed by atoms with Crippen molar-refractivity contribution in [1.82, 2.24) is 10.2 Å². The summed E-state index contributed by atoms with van der Waals surface area (Å²) in [7, 11) is -3.52. The number of hydrogen-bond donors (Lipinski definition) is 1. The molecule has 1 aliphatic carbocycles. The monoisotopic (exact) mass is 541 g/mol. The summed E-state index contributed by atoms with van der Waals surface area (Å²) in [5.74, 6) is -0.294. The van der Waals surface area contributed by atoms with Crippen LogP contribution in [0.15, 0.2) is 42.5 Å². The van der Waals surface area contributed by atoms with Crippen molar-refractivity contribution < 1.29 is 18.0 Å². The Hall–Kier alpha value is -2.87. The summed E-state index contributed by atoms with van der Waals surface area (Å²) in [6.45, 7) is 8.17. The molecule has 1 atom stereocenters. The summed E-state index contributed by atoms with van der Waals surface area (Å²) in [6, 6.07) is 13.2. The zero-order valence-electron chi connectivity index (χ0n) is 23.5. The third-order valence-corrected chi connectivity index (χ3v) is 8.39. The smallest absolute Gasteiger partial charge is 0.242 e. The van der Waals surface area contributed by atoms with Gasteiger partial charge in [-0.3, -0.25) is 13.9 Å². The minimum atomic E-state index is -3.52. The first-order valence-electron chi connectivity index (χ1n) is 13.7.